The number of anilines is 1. The van der Waals surface area contributed by atoms with Crippen LogP contribution in [0.5, 0.6) is 0 Å². The Balaban J connectivity index is 1.17. The molecule has 4 heterocycles. The Morgan fingerprint density at radius 1 is 0.808 bits per heavy atom. The smallest absolute Gasteiger partial charge is 0.407 e. The summed E-state index contributed by atoms with van der Waals surface area (Å²) in [6, 6.07) is 6.96. The summed E-state index contributed by atoms with van der Waals surface area (Å²) >= 11 is 0. The van der Waals surface area contributed by atoms with Gasteiger partial charge in [0.1, 0.15) is 29.5 Å². The Hall–Kier alpha value is -7.08. The number of aromatic nitrogens is 3. The van der Waals surface area contributed by atoms with Gasteiger partial charge in [0.2, 0.25) is 5.91 Å². The van der Waals surface area contributed by atoms with E-state index in [-0.39, 0.29) is 17.3 Å². The standard InChI is InChI=1S/C52H60F8N10O8/c1-49(2,51(55,56)57)43(64-48(76)77-5)45(72)62-40(22-31-9-6-30(7-10-31)8-11-32-12-15-42(61-25-32)68-20-18-67(19-21-68)35-28-78-29-35)41(71)27-69(66-46(73)44(63-47(74)75)50(3,4)52(58,59)60)26-36-37(53)23-33(24-38(36)54)39-16-17-70(65-39)34-13-14-34/h6-7,9-10,12,15-17,23-25,34-35,40-41,43-44,63,71H,13-14,18-22,26-29H2,1-5H3,(H,62,72)(H,64,76)(H,66,73)(H,74,75)/t40-,41-,43+,44+/m0/s1. The SMILES string of the molecule is COC(=O)N[C@H](C(=O)N[C@@H](Cc1ccc(C#Cc2ccc(N3CCN(C4COC4)CC3)nc2)cc1)[C@@H](O)CN(Cc1c(F)cc(-c2ccn(C3CC3)n2)cc1F)NC(=O)[C@@H](NC(=O)O)C(C)(C)C(F)(F)F)C(C)(C)C(F)(F)F. The normalized spacial score (nSPS) is 17.2. The van der Waals surface area contributed by atoms with Crippen molar-refractivity contribution in [3.8, 4) is 23.1 Å². The van der Waals surface area contributed by atoms with Gasteiger partial charge in [-0.25, -0.2) is 28.4 Å². The lowest BCUT2D eigenvalue weighted by atomic mass is 9.82. The Morgan fingerprint density at radius 3 is 1.92 bits per heavy atom. The maximum absolute atomic E-state index is 16.1. The lowest BCUT2D eigenvalue weighted by Crippen LogP contribution is -2.63. The summed E-state index contributed by atoms with van der Waals surface area (Å²) in [5.41, 5.74) is -3.36. The molecule has 2 aromatic carbocycles. The molecule has 4 atom stereocenters. The molecule has 4 amide bonds. The third kappa shape index (κ3) is 14.1. The largest absolute Gasteiger partial charge is 0.465 e. The summed E-state index contributed by atoms with van der Waals surface area (Å²) in [7, 11) is 0.838. The quantitative estimate of drug-likeness (QED) is 0.0365. The molecule has 78 heavy (non-hydrogen) atoms. The van der Waals surface area contributed by atoms with E-state index in [1.807, 2.05) is 22.9 Å². The van der Waals surface area contributed by atoms with Crippen LogP contribution in [0, 0.1) is 34.3 Å². The topological polar surface area (TPSA) is 216 Å². The van der Waals surface area contributed by atoms with E-state index in [4.69, 9.17) is 4.74 Å². The molecule has 3 aliphatic rings. The summed E-state index contributed by atoms with van der Waals surface area (Å²) in [5.74, 6) is 1.13. The number of carbonyl (C=O) groups is 4. The van der Waals surface area contributed by atoms with Crippen LogP contribution in [-0.2, 0) is 32.0 Å². The molecule has 26 heteroatoms. The van der Waals surface area contributed by atoms with E-state index in [2.05, 4.69) is 41.8 Å². The molecule has 3 fully saturated rings. The van der Waals surface area contributed by atoms with Crippen molar-refractivity contribution in [2.24, 2.45) is 10.8 Å². The number of hydrogen-bond acceptors (Lipinski definition) is 12. The van der Waals surface area contributed by atoms with Crippen molar-refractivity contribution in [3.05, 3.63) is 101 Å². The second-order valence-corrected chi connectivity index (χ2v) is 20.5. The number of nitrogens with one attached hydrogen (secondary N) is 4. The van der Waals surface area contributed by atoms with Crippen molar-refractivity contribution in [1.82, 2.24) is 46.0 Å². The molecule has 1 aliphatic carbocycles. The number of pyridine rings is 1. The number of carboxylic acid groups (broad SMARTS) is 1. The number of benzene rings is 2. The number of alkyl carbamates (subject to hydrolysis) is 1. The van der Waals surface area contributed by atoms with Gasteiger partial charge in [0.15, 0.2) is 0 Å². The number of amides is 4. The zero-order valence-electron chi connectivity index (χ0n) is 43.1. The number of piperazine rings is 1. The predicted octanol–water partition coefficient (Wildman–Crippen LogP) is 5.94. The highest BCUT2D eigenvalue weighted by Crippen LogP contribution is 2.42. The second-order valence-electron chi connectivity index (χ2n) is 20.5. The van der Waals surface area contributed by atoms with Crippen LogP contribution in [0.2, 0.25) is 0 Å². The molecule has 6 N–H and O–H groups in total. The average Bonchev–Trinajstić information content (AvgIpc) is 4.11. The molecule has 0 bridgehead atoms. The molecule has 4 aromatic rings. The highest BCUT2D eigenvalue weighted by Gasteiger charge is 2.57. The van der Waals surface area contributed by atoms with Crippen LogP contribution in [0.3, 0.4) is 0 Å². The van der Waals surface area contributed by atoms with Crippen molar-refractivity contribution in [1.29, 1.82) is 0 Å². The fourth-order valence-electron chi connectivity index (χ4n) is 8.69. The van der Waals surface area contributed by atoms with E-state index in [1.165, 1.54) is 23.5 Å². The summed E-state index contributed by atoms with van der Waals surface area (Å²) in [6.07, 6.45) is -11.4. The van der Waals surface area contributed by atoms with Crippen molar-refractivity contribution in [2.45, 2.75) is 102 Å². The number of aliphatic hydroxyl groups is 1. The molecule has 18 nitrogen and oxygen atoms in total. The molecule has 2 aromatic heterocycles. The van der Waals surface area contributed by atoms with Crippen LogP contribution in [-0.4, -0.2) is 155 Å². The summed E-state index contributed by atoms with van der Waals surface area (Å²) in [4.78, 5) is 61.3. The van der Waals surface area contributed by atoms with Gasteiger partial charge in [0.25, 0.3) is 5.91 Å². The Kier molecular flexibility index (Phi) is 17.9. The van der Waals surface area contributed by atoms with Crippen LogP contribution in [0.1, 0.15) is 68.8 Å². The van der Waals surface area contributed by atoms with E-state index < -0.39 is 108 Å². The highest BCUT2D eigenvalue weighted by molar-refractivity contribution is 5.87. The van der Waals surface area contributed by atoms with E-state index >= 15 is 8.78 Å². The third-order valence-electron chi connectivity index (χ3n) is 14.2. The lowest BCUT2D eigenvalue weighted by Gasteiger charge is -2.42. The van der Waals surface area contributed by atoms with E-state index in [0.29, 0.717) is 55.4 Å². The number of aliphatic hydroxyl groups excluding tert-OH is 1. The first-order chi connectivity index (χ1) is 36.6. The molecular weight excluding hydrogens is 1040 g/mol. The Morgan fingerprint density at radius 2 is 1.40 bits per heavy atom. The molecule has 422 valence electrons. The minimum absolute atomic E-state index is 0.00977. The van der Waals surface area contributed by atoms with Crippen molar-refractivity contribution >= 4 is 29.8 Å². The number of hydrogen-bond donors (Lipinski definition) is 6. The van der Waals surface area contributed by atoms with Gasteiger partial charge >= 0.3 is 24.5 Å². The average molecular weight is 1110 g/mol. The lowest BCUT2D eigenvalue weighted by molar-refractivity contribution is -0.221. The Bertz CT molecular complexity index is 2820. The molecule has 2 saturated heterocycles. The molecule has 2 aliphatic heterocycles. The summed E-state index contributed by atoms with van der Waals surface area (Å²) in [6.45, 7) is 4.99. The number of hydrazine groups is 1. The van der Waals surface area contributed by atoms with Gasteiger partial charge in [0, 0.05) is 73.9 Å². The second kappa shape index (κ2) is 23.9. The zero-order chi connectivity index (χ0) is 56.9. The fourth-order valence-corrected chi connectivity index (χ4v) is 8.69. The number of carbonyl (C=O) groups excluding carboxylic acids is 3. The molecule has 0 spiro atoms. The number of nitrogens with zero attached hydrogens (tertiary/aromatic N) is 6. The van der Waals surface area contributed by atoms with Crippen LogP contribution >= 0.6 is 0 Å². The van der Waals surface area contributed by atoms with Gasteiger partial charge in [-0.05, 0) is 95.0 Å². The van der Waals surface area contributed by atoms with E-state index in [0.717, 1.165) is 77.3 Å². The monoisotopic (exact) mass is 1100 g/mol. The van der Waals surface area contributed by atoms with Crippen LogP contribution in [0.25, 0.3) is 11.3 Å². The first kappa shape index (κ1) is 58.6. The first-order valence-electron chi connectivity index (χ1n) is 24.8. The maximum atomic E-state index is 16.1. The van der Waals surface area contributed by atoms with Crippen molar-refractivity contribution in [2.75, 3.05) is 57.9 Å². The number of alkyl halides is 6. The summed E-state index contributed by atoms with van der Waals surface area (Å²) < 4.78 is 131. The predicted molar refractivity (Wildman–Crippen MR) is 265 cm³/mol. The number of methoxy groups -OCH3 is 1. The molecule has 7 rings (SSSR count). The van der Waals surface area contributed by atoms with Gasteiger partial charge in [-0.2, -0.15) is 31.4 Å². The van der Waals surface area contributed by atoms with Crippen LogP contribution in [0.4, 0.5) is 50.5 Å². The minimum Gasteiger partial charge on any atom is -0.465 e. The van der Waals surface area contributed by atoms with Crippen molar-refractivity contribution in [3.63, 3.8) is 0 Å². The fraction of sp³-hybridized carbons (Fsp3) is 0.500. The number of ether oxygens (including phenoxy) is 2. The molecule has 0 radical (unpaired) electrons. The molecule has 1 saturated carbocycles. The summed E-state index contributed by atoms with van der Waals surface area (Å²) in [5, 5.41) is 32.2. The number of halogens is 8. The molecular formula is C52H60F8N10O8. The van der Waals surface area contributed by atoms with Crippen LogP contribution in [0.15, 0.2) is 67.0 Å². The highest BCUT2D eigenvalue weighted by atomic mass is 19.4. The van der Waals surface area contributed by atoms with E-state index in [1.54, 1.807) is 29.2 Å². The van der Waals surface area contributed by atoms with Gasteiger partial charge in [-0.15, -0.1) is 0 Å². The Labute approximate surface area is 443 Å². The maximum Gasteiger partial charge on any atom is 0.407 e. The van der Waals surface area contributed by atoms with Crippen LogP contribution < -0.4 is 26.3 Å². The van der Waals surface area contributed by atoms with Gasteiger partial charge < -0.3 is 40.5 Å². The van der Waals surface area contributed by atoms with Gasteiger partial charge in [-0.1, -0.05) is 24.0 Å². The zero-order valence-corrected chi connectivity index (χ0v) is 43.1. The molecule has 0 unspecified atom stereocenters. The number of rotatable bonds is 19. The third-order valence-corrected chi connectivity index (χ3v) is 14.2. The van der Waals surface area contributed by atoms with Crippen molar-refractivity contribution < 1.29 is 74.0 Å². The van der Waals surface area contributed by atoms with E-state index in [9.17, 15) is 55.7 Å². The van der Waals surface area contributed by atoms with Gasteiger partial charge in [0.05, 0.1) is 61.1 Å². The first-order valence-corrected chi connectivity index (χ1v) is 24.8. The van der Waals surface area contributed by atoms with Gasteiger partial charge in [-0.3, -0.25) is 24.6 Å². The minimum atomic E-state index is -5.23.